The first-order valence-electron chi connectivity index (χ1n) is 18.7. The Balaban J connectivity index is 1.87. The van der Waals surface area contributed by atoms with Crippen molar-refractivity contribution < 1.29 is 57.1 Å². The van der Waals surface area contributed by atoms with Crippen LogP contribution in [0, 0.1) is 0 Å². The van der Waals surface area contributed by atoms with Crippen LogP contribution in [0.3, 0.4) is 0 Å². The van der Waals surface area contributed by atoms with Gasteiger partial charge in [-0.05, 0) is 83.6 Å². The Hall–Kier alpha value is -5.50. The second kappa shape index (κ2) is 28.0. The fraction of sp³-hybridized carbons (Fsp3) is 0.476. The van der Waals surface area contributed by atoms with E-state index in [-0.39, 0.29) is 39.6 Å². The molecule has 0 aliphatic heterocycles. The second-order valence-electron chi connectivity index (χ2n) is 13.1. The standard InChI is InChI=1S/C42H58N2O12/c1-31(2)26-49-27-37(55-41(47)43-21-12-8-14-23-50-39(45)32(3)4)28-53-35-19-16-20-36(25-35)54-30-38(29-52-34-17-10-7-11-18-34)56-42(48)44-22-13-9-15-24-51-40(46)33(5)6/h7,10-11,16-20,25,37-38H,1,3,5,8-9,12-15,21-24,26-30H2,2,4,6H3,(H,43,47)(H,44,48). The van der Waals surface area contributed by atoms with E-state index in [1.807, 2.05) is 25.1 Å². The third-order valence-electron chi connectivity index (χ3n) is 7.40. The number of ether oxygens (including phenoxy) is 8. The van der Waals surface area contributed by atoms with Crippen molar-refractivity contribution in [2.24, 2.45) is 0 Å². The number of esters is 2. The molecule has 56 heavy (non-hydrogen) atoms. The van der Waals surface area contributed by atoms with Crippen molar-refractivity contribution >= 4 is 24.1 Å². The van der Waals surface area contributed by atoms with Crippen molar-refractivity contribution in [3.05, 3.63) is 91.1 Å². The molecule has 2 amide bonds. The number of unbranched alkanes of at least 4 members (excludes halogenated alkanes) is 4. The molecule has 14 nitrogen and oxygen atoms in total. The monoisotopic (exact) mass is 782 g/mol. The maximum Gasteiger partial charge on any atom is 0.407 e. The van der Waals surface area contributed by atoms with Gasteiger partial charge in [-0.1, -0.05) is 49.6 Å². The zero-order chi connectivity index (χ0) is 41.0. The molecule has 0 aliphatic carbocycles. The van der Waals surface area contributed by atoms with Crippen LogP contribution in [-0.2, 0) is 33.3 Å². The van der Waals surface area contributed by atoms with Gasteiger partial charge in [0.2, 0.25) is 0 Å². The average molecular weight is 783 g/mol. The summed E-state index contributed by atoms with van der Waals surface area (Å²) in [6, 6.07) is 16.0. The first-order chi connectivity index (χ1) is 26.9. The molecule has 2 N–H and O–H groups in total. The van der Waals surface area contributed by atoms with Gasteiger partial charge in [0, 0.05) is 30.3 Å². The molecule has 0 saturated heterocycles. The number of carbonyl (C=O) groups excluding carboxylic acids is 4. The summed E-state index contributed by atoms with van der Waals surface area (Å²) in [6.45, 7) is 17.7. The van der Waals surface area contributed by atoms with Crippen molar-refractivity contribution in [2.75, 3.05) is 59.3 Å². The maximum absolute atomic E-state index is 12.7. The number of amides is 2. The Morgan fingerprint density at radius 2 is 1.02 bits per heavy atom. The van der Waals surface area contributed by atoms with Gasteiger partial charge in [-0.25, -0.2) is 19.2 Å². The number of carbonyl (C=O) groups is 4. The molecule has 0 bridgehead atoms. The zero-order valence-corrected chi connectivity index (χ0v) is 33.0. The van der Waals surface area contributed by atoms with Gasteiger partial charge in [-0.15, -0.1) is 0 Å². The van der Waals surface area contributed by atoms with Crippen LogP contribution in [0.25, 0.3) is 0 Å². The quantitative estimate of drug-likeness (QED) is 0.0289. The molecule has 2 atom stereocenters. The SMILES string of the molecule is C=C(C)COCC(COc1cccc(OCC(COc2ccccc2)OC(=O)NCCCCCOC(=O)C(=C)C)c1)OC(=O)NCCCCCOC(=O)C(=C)C. The lowest BCUT2D eigenvalue weighted by molar-refractivity contribution is -0.139. The highest BCUT2D eigenvalue weighted by Gasteiger charge is 2.19. The van der Waals surface area contributed by atoms with Crippen LogP contribution >= 0.6 is 0 Å². The topological polar surface area (TPSA) is 166 Å². The molecular weight excluding hydrogens is 724 g/mol. The third-order valence-corrected chi connectivity index (χ3v) is 7.40. The van der Waals surface area contributed by atoms with E-state index in [9.17, 15) is 19.2 Å². The number of para-hydroxylation sites is 1. The second-order valence-corrected chi connectivity index (χ2v) is 13.1. The molecular formula is C42H58N2O12. The van der Waals surface area contributed by atoms with E-state index in [0.717, 1.165) is 18.4 Å². The van der Waals surface area contributed by atoms with Crippen LogP contribution in [0.2, 0.25) is 0 Å². The van der Waals surface area contributed by atoms with Crippen LogP contribution in [0.15, 0.2) is 91.1 Å². The fourth-order valence-corrected chi connectivity index (χ4v) is 4.49. The van der Waals surface area contributed by atoms with E-state index < -0.39 is 36.3 Å². The van der Waals surface area contributed by atoms with Gasteiger partial charge in [0.1, 0.15) is 37.1 Å². The van der Waals surface area contributed by atoms with E-state index in [1.165, 1.54) is 0 Å². The molecule has 14 heteroatoms. The van der Waals surface area contributed by atoms with E-state index in [1.54, 1.807) is 50.2 Å². The van der Waals surface area contributed by atoms with Crippen LogP contribution < -0.4 is 24.8 Å². The molecule has 0 radical (unpaired) electrons. The van der Waals surface area contributed by atoms with Gasteiger partial charge in [0.15, 0.2) is 12.2 Å². The molecule has 0 spiro atoms. The lowest BCUT2D eigenvalue weighted by Crippen LogP contribution is -2.36. The minimum absolute atomic E-state index is 0.00236. The summed E-state index contributed by atoms with van der Waals surface area (Å²) in [4.78, 5) is 48.2. The molecule has 2 rings (SSSR count). The molecule has 0 aromatic heterocycles. The maximum atomic E-state index is 12.7. The Morgan fingerprint density at radius 3 is 1.48 bits per heavy atom. The molecule has 0 heterocycles. The van der Waals surface area contributed by atoms with Crippen LogP contribution in [0.5, 0.6) is 17.2 Å². The lowest BCUT2D eigenvalue weighted by Gasteiger charge is -2.20. The predicted octanol–water partition coefficient (Wildman–Crippen LogP) is 6.88. The van der Waals surface area contributed by atoms with Gasteiger partial charge >= 0.3 is 24.1 Å². The van der Waals surface area contributed by atoms with E-state index in [0.29, 0.717) is 73.8 Å². The molecule has 0 fully saturated rings. The molecule has 2 aromatic carbocycles. The molecule has 2 unspecified atom stereocenters. The first-order valence-corrected chi connectivity index (χ1v) is 18.7. The zero-order valence-electron chi connectivity index (χ0n) is 33.0. The van der Waals surface area contributed by atoms with Gasteiger partial charge in [0.05, 0.1) is 26.4 Å². The highest BCUT2D eigenvalue weighted by molar-refractivity contribution is 5.87. The Kier molecular flexibility index (Phi) is 23.3. The number of benzene rings is 2. The Bertz CT molecular complexity index is 1530. The summed E-state index contributed by atoms with van der Waals surface area (Å²) < 4.78 is 44.9. The van der Waals surface area contributed by atoms with Crippen molar-refractivity contribution in [3.63, 3.8) is 0 Å². The number of hydrogen-bond donors (Lipinski definition) is 2. The average Bonchev–Trinajstić information content (AvgIpc) is 3.17. The number of hydrogen-bond acceptors (Lipinski definition) is 12. The van der Waals surface area contributed by atoms with Crippen LogP contribution in [0.4, 0.5) is 9.59 Å². The molecule has 0 aliphatic rings. The Morgan fingerprint density at radius 1 is 0.571 bits per heavy atom. The van der Waals surface area contributed by atoms with E-state index in [4.69, 9.17) is 37.9 Å². The summed E-state index contributed by atoms with van der Waals surface area (Å²) >= 11 is 0. The van der Waals surface area contributed by atoms with Crippen LogP contribution in [-0.4, -0.2) is 95.7 Å². The summed E-state index contributed by atoms with van der Waals surface area (Å²) in [5, 5.41) is 5.47. The fourth-order valence-electron chi connectivity index (χ4n) is 4.49. The van der Waals surface area contributed by atoms with Gasteiger partial charge in [-0.3, -0.25) is 0 Å². The largest absolute Gasteiger partial charge is 0.490 e. The summed E-state index contributed by atoms with van der Waals surface area (Å²) in [6.07, 6.45) is 1.43. The van der Waals surface area contributed by atoms with E-state index >= 15 is 0 Å². The summed E-state index contributed by atoms with van der Waals surface area (Å²) in [7, 11) is 0. The van der Waals surface area contributed by atoms with Crippen molar-refractivity contribution in [3.8, 4) is 17.2 Å². The number of nitrogens with one attached hydrogen (secondary N) is 2. The number of rotatable bonds is 29. The third kappa shape index (κ3) is 22.7. The normalized spacial score (nSPS) is 11.6. The first kappa shape index (κ1) is 46.7. The van der Waals surface area contributed by atoms with Crippen molar-refractivity contribution in [2.45, 2.75) is 71.5 Å². The highest BCUT2D eigenvalue weighted by Crippen LogP contribution is 2.21. The minimum Gasteiger partial charge on any atom is -0.490 e. The lowest BCUT2D eigenvalue weighted by atomic mass is 10.2. The van der Waals surface area contributed by atoms with Crippen molar-refractivity contribution in [1.82, 2.24) is 10.6 Å². The van der Waals surface area contributed by atoms with E-state index in [2.05, 4.69) is 30.4 Å². The van der Waals surface area contributed by atoms with Gasteiger partial charge < -0.3 is 48.5 Å². The molecule has 308 valence electrons. The highest BCUT2D eigenvalue weighted by atomic mass is 16.6. The minimum atomic E-state index is -0.762. The number of alkyl carbamates (subject to hydrolysis) is 2. The predicted molar refractivity (Wildman–Crippen MR) is 211 cm³/mol. The van der Waals surface area contributed by atoms with Crippen LogP contribution in [0.1, 0.15) is 59.3 Å². The van der Waals surface area contributed by atoms with Gasteiger partial charge in [-0.2, -0.15) is 0 Å². The summed E-state index contributed by atoms with van der Waals surface area (Å²) in [5.41, 5.74) is 1.52. The molecule has 2 aromatic rings. The summed E-state index contributed by atoms with van der Waals surface area (Å²) in [5.74, 6) is 0.681. The Labute approximate surface area is 330 Å². The van der Waals surface area contributed by atoms with Crippen molar-refractivity contribution in [1.29, 1.82) is 0 Å². The molecule has 0 saturated carbocycles. The van der Waals surface area contributed by atoms with Gasteiger partial charge in [0.25, 0.3) is 0 Å². The smallest absolute Gasteiger partial charge is 0.407 e.